The zero-order valence-electron chi connectivity index (χ0n) is 11.0. The molecule has 0 spiro atoms. The third-order valence-electron chi connectivity index (χ3n) is 4.19. The molecule has 0 radical (unpaired) electrons. The van der Waals surface area contributed by atoms with E-state index in [0.29, 0.717) is 6.42 Å². The summed E-state index contributed by atoms with van der Waals surface area (Å²) in [7, 11) is 0. The molecule has 1 N–H and O–H groups in total. The predicted molar refractivity (Wildman–Crippen MR) is 78.5 cm³/mol. The van der Waals surface area contributed by atoms with E-state index in [4.69, 9.17) is 11.6 Å². The predicted octanol–water partition coefficient (Wildman–Crippen LogP) is 4.11. The van der Waals surface area contributed by atoms with Gasteiger partial charge in [-0.1, -0.05) is 48.0 Å². The molecule has 2 aromatic carbocycles. The summed E-state index contributed by atoms with van der Waals surface area (Å²) in [5, 5.41) is 10.7. The summed E-state index contributed by atoms with van der Waals surface area (Å²) in [6, 6.07) is 14.7. The molecular formula is C17H16ClFO. The van der Waals surface area contributed by atoms with E-state index in [-0.39, 0.29) is 10.4 Å². The topological polar surface area (TPSA) is 20.2 Å². The first-order valence-electron chi connectivity index (χ1n) is 6.79. The van der Waals surface area contributed by atoms with E-state index in [0.717, 1.165) is 18.4 Å². The van der Waals surface area contributed by atoms with Gasteiger partial charge in [0, 0.05) is 5.41 Å². The van der Waals surface area contributed by atoms with Crippen LogP contribution >= 0.6 is 11.6 Å². The number of aliphatic hydroxyl groups excluding tert-OH is 1. The van der Waals surface area contributed by atoms with E-state index < -0.39 is 11.9 Å². The van der Waals surface area contributed by atoms with Crippen LogP contribution in [0.5, 0.6) is 0 Å². The smallest absolute Gasteiger partial charge is 0.141 e. The highest BCUT2D eigenvalue weighted by Crippen LogP contribution is 2.51. The number of halogens is 2. The lowest BCUT2D eigenvalue weighted by atomic mass is 9.86. The van der Waals surface area contributed by atoms with E-state index in [9.17, 15) is 9.50 Å². The quantitative estimate of drug-likeness (QED) is 0.898. The largest absolute Gasteiger partial charge is 0.392 e. The zero-order chi connectivity index (χ0) is 14.2. The summed E-state index contributed by atoms with van der Waals surface area (Å²) >= 11 is 5.79. The van der Waals surface area contributed by atoms with Gasteiger partial charge in [-0.2, -0.15) is 0 Å². The van der Waals surface area contributed by atoms with Crippen molar-refractivity contribution in [2.24, 2.45) is 0 Å². The summed E-state index contributed by atoms with van der Waals surface area (Å²) in [5.74, 6) is -0.422. The fraction of sp³-hybridized carbons (Fsp3) is 0.294. The molecule has 0 aromatic heterocycles. The molecule has 1 nitrogen and oxygen atoms in total. The minimum absolute atomic E-state index is 0.110. The lowest BCUT2D eigenvalue weighted by Crippen LogP contribution is -2.28. The van der Waals surface area contributed by atoms with E-state index in [2.05, 4.69) is 12.1 Å². The summed E-state index contributed by atoms with van der Waals surface area (Å²) in [6.07, 6.45) is 2.01. The molecule has 3 rings (SSSR count). The van der Waals surface area contributed by atoms with Crippen LogP contribution in [0.2, 0.25) is 5.02 Å². The van der Waals surface area contributed by atoms with Crippen molar-refractivity contribution in [2.45, 2.75) is 30.8 Å². The molecule has 1 saturated carbocycles. The maximum Gasteiger partial charge on any atom is 0.141 e. The summed E-state index contributed by atoms with van der Waals surface area (Å²) in [6.45, 7) is 0. The van der Waals surface area contributed by atoms with Crippen LogP contribution in [-0.4, -0.2) is 11.2 Å². The van der Waals surface area contributed by atoms with Crippen LogP contribution in [0.3, 0.4) is 0 Å². The van der Waals surface area contributed by atoms with Crippen LogP contribution in [0.15, 0.2) is 48.5 Å². The number of hydrogen-bond acceptors (Lipinski definition) is 1. The first-order chi connectivity index (χ1) is 9.62. The number of hydrogen-bond donors (Lipinski definition) is 1. The van der Waals surface area contributed by atoms with Crippen LogP contribution < -0.4 is 0 Å². The molecule has 20 heavy (non-hydrogen) atoms. The fourth-order valence-corrected chi connectivity index (χ4v) is 3.01. The maximum atomic E-state index is 13.2. The highest BCUT2D eigenvalue weighted by atomic mass is 35.5. The van der Waals surface area contributed by atoms with E-state index in [1.165, 1.54) is 11.6 Å². The van der Waals surface area contributed by atoms with Crippen molar-refractivity contribution in [3.8, 4) is 0 Å². The Kier molecular flexibility index (Phi) is 3.53. The Bertz CT molecular complexity index is 608. The van der Waals surface area contributed by atoms with Gasteiger partial charge in [0.05, 0.1) is 11.1 Å². The van der Waals surface area contributed by atoms with Crippen molar-refractivity contribution < 1.29 is 9.50 Å². The monoisotopic (exact) mass is 290 g/mol. The maximum absolute atomic E-state index is 13.2. The fourth-order valence-electron chi connectivity index (χ4n) is 2.80. The van der Waals surface area contributed by atoms with Gasteiger partial charge in [0.25, 0.3) is 0 Å². The Morgan fingerprint density at radius 2 is 1.85 bits per heavy atom. The van der Waals surface area contributed by atoms with Crippen LogP contribution in [0.25, 0.3) is 0 Å². The Labute approximate surface area is 123 Å². The minimum Gasteiger partial charge on any atom is -0.392 e. The Morgan fingerprint density at radius 3 is 2.45 bits per heavy atom. The number of rotatable bonds is 4. The van der Waals surface area contributed by atoms with Gasteiger partial charge in [-0.15, -0.1) is 0 Å². The molecule has 104 valence electrons. The van der Waals surface area contributed by atoms with Gasteiger partial charge in [-0.05, 0) is 42.5 Å². The van der Waals surface area contributed by atoms with Crippen molar-refractivity contribution in [1.29, 1.82) is 0 Å². The molecule has 0 aliphatic heterocycles. The molecular weight excluding hydrogens is 275 g/mol. The lowest BCUT2D eigenvalue weighted by Gasteiger charge is -2.23. The van der Waals surface area contributed by atoms with Gasteiger partial charge in [-0.25, -0.2) is 4.39 Å². The second kappa shape index (κ2) is 5.19. The third kappa shape index (κ3) is 2.46. The molecule has 0 amide bonds. The average molecular weight is 291 g/mol. The lowest BCUT2D eigenvalue weighted by molar-refractivity contribution is 0.131. The molecule has 1 atom stereocenters. The van der Waals surface area contributed by atoms with Crippen LogP contribution in [-0.2, 0) is 11.8 Å². The van der Waals surface area contributed by atoms with Crippen molar-refractivity contribution in [1.82, 2.24) is 0 Å². The van der Waals surface area contributed by atoms with Gasteiger partial charge in [0.1, 0.15) is 5.82 Å². The highest BCUT2D eigenvalue weighted by Gasteiger charge is 2.49. The van der Waals surface area contributed by atoms with Crippen LogP contribution in [0, 0.1) is 5.82 Å². The van der Waals surface area contributed by atoms with E-state index >= 15 is 0 Å². The molecule has 3 heteroatoms. The summed E-state index contributed by atoms with van der Waals surface area (Å²) < 4.78 is 13.2. The van der Waals surface area contributed by atoms with Crippen molar-refractivity contribution >= 4 is 11.6 Å². The molecule has 1 aliphatic rings. The SMILES string of the molecule is OC(Cc1ccc(F)c(Cl)c1)C1(c2ccccc2)CC1. The van der Waals surface area contributed by atoms with Crippen LogP contribution in [0.1, 0.15) is 24.0 Å². The van der Waals surface area contributed by atoms with Gasteiger partial charge in [-0.3, -0.25) is 0 Å². The molecule has 0 heterocycles. The van der Waals surface area contributed by atoms with E-state index in [1.54, 1.807) is 12.1 Å². The van der Waals surface area contributed by atoms with Gasteiger partial charge >= 0.3 is 0 Å². The van der Waals surface area contributed by atoms with Crippen molar-refractivity contribution in [3.05, 3.63) is 70.5 Å². The molecule has 1 unspecified atom stereocenters. The molecule has 1 fully saturated rings. The highest BCUT2D eigenvalue weighted by molar-refractivity contribution is 6.30. The van der Waals surface area contributed by atoms with Gasteiger partial charge < -0.3 is 5.11 Å². The van der Waals surface area contributed by atoms with Crippen molar-refractivity contribution in [3.63, 3.8) is 0 Å². The first kappa shape index (κ1) is 13.6. The molecule has 2 aromatic rings. The Hall–Kier alpha value is -1.38. The zero-order valence-corrected chi connectivity index (χ0v) is 11.8. The molecule has 0 saturated heterocycles. The second-order valence-electron chi connectivity index (χ2n) is 5.49. The Morgan fingerprint density at radius 1 is 1.15 bits per heavy atom. The first-order valence-corrected chi connectivity index (χ1v) is 7.17. The second-order valence-corrected chi connectivity index (χ2v) is 5.90. The number of aliphatic hydroxyl groups is 1. The molecule has 1 aliphatic carbocycles. The van der Waals surface area contributed by atoms with Gasteiger partial charge in [0.15, 0.2) is 0 Å². The molecule has 0 bridgehead atoms. The van der Waals surface area contributed by atoms with Crippen molar-refractivity contribution in [2.75, 3.05) is 0 Å². The van der Waals surface area contributed by atoms with Crippen LogP contribution in [0.4, 0.5) is 4.39 Å². The minimum atomic E-state index is -0.466. The third-order valence-corrected chi connectivity index (χ3v) is 4.48. The standard InChI is InChI=1S/C17H16ClFO/c18-14-10-12(6-7-15(14)19)11-16(20)17(8-9-17)13-4-2-1-3-5-13/h1-7,10,16,20H,8-9,11H2. The average Bonchev–Trinajstić information content (AvgIpc) is 3.26. The normalized spacial score (nSPS) is 17.8. The Balaban J connectivity index is 1.79. The van der Waals surface area contributed by atoms with E-state index in [1.807, 2.05) is 18.2 Å². The summed E-state index contributed by atoms with van der Waals surface area (Å²) in [5.41, 5.74) is 1.91. The number of benzene rings is 2. The summed E-state index contributed by atoms with van der Waals surface area (Å²) in [4.78, 5) is 0. The van der Waals surface area contributed by atoms with Gasteiger partial charge in [0.2, 0.25) is 0 Å².